The minimum atomic E-state index is -3.99. The molecular formula is C24H30N2O6S. The highest BCUT2D eigenvalue weighted by Crippen LogP contribution is 2.33. The van der Waals surface area contributed by atoms with Gasteiger partial charge in [0.25, 0.3) is 10.0 Å². The van der Waals surface area contributed by atoms with Crippen molar-refractivity contribution in [3.63, 3.8) is 0 Å². The summed E-state index contributed by atoms with van der Waals surface area (Å²) in [6.07, 6.45) is 1.41. The highest BCUT2D eigenvalue weighted by atomic mass is 32.2. The number of carboxylic acids is 1. The molecule has 2 aromatic carbocycles. The molecule has 0 saturated carbocycles. The summed E-state index contributed by atoms with van der Waals surface area (Å²) < 4.78 is 34.4. The number of hydrogen-bond donors (Lipinski definition) is 2. The van der Waals surface area contributed by atoms with Crippen LogP contribution in [-0.4, -0.2) is 45.2 Å². The lowest BCUT2D eigenvalue weighted by Gasteiger charge is -2.34. The van der Waals surface area contributed by atoms with Crippen LogP contribution in [0.3, 0.4) is 0 Å². The minimum Gasteiger partial charge on any atom is -0.478 e. The fourth-order valence-corrected chi connectivity index (χ4v) is 5.48. The van der Waals surface area contributed by atoms with Crippen LogP contribution in [0.4, 0.5) is 11.4 Å². The molecule has 1 aliphatic heterocycles. The van der Waals surface area contributed by atoms with E-state index in [0.29, 0.717) is 37.4 Å². The Labute approximate surface area is 194 Å². The van der Waals surface area contributed by atoms with Gasteiger partial charge in [-0.3, -0.25) is 9.52 Å². The Kier molecular flexibility index (Phi) is 7.31. The number of nitrogens with one attached hydrogen (secondary N) is 1. The molecule has 0 amide bonds. The number of carbonyl (C=O) groups is 2. The van der Waals surface area contributed by atoms with Gasteiger partial charge in [0.1, 0.15) is 0 Å². The van der Waals surface area contributed by atoms with Gasteiger partial charge in [-0.1, -0.05) is 6.07 Å². The first-order valence-corrected chi connectivity index (χ1v) is 12.4. The summed E-state index contributed by atoms with van der Waals surface area (Å²) in [6.45, 7) is 8.50. The Hall–Kier alpha value is -3.07. The number of benzene rings is 2. The third-order valence-corrected chi connectivity index (χ3v) is 7.46. The molecule has 1 heterocycles. The van der Waals surface area contributed by atoms with Gasteiger partial charge in [0.2, 0.25) is 0 Å². The van der Waals surface area contributed by atoms with Crippen LogP contribution in [-0.2, 0) is 19.6 Å². The van der Waals surface area contributed by atoms with Gasteiger partial charge in [-0.05, 0) is 81.5 Å². The molecule has 33 heavy (non-hydrogen) atoms. The van der Waals surface area contributed by atoms with E-state index in [2.05, 4.69) is 4.72 Å². The molecule has 1 saturated heterocycles. The van der Waals surface area contributed by atoms with Crippen molar-refractivity contribution in [2.75, 3.05) is 29.3 Å². The quantitative estimate of drug-likeness (QED) is 0.585. The van der Waals surface area contributed by atoms with Crippen LogP contribution >= 0.6 is 0 Å². The summed E-state index contributed by atoms with van der Waals surface area (Å²) in [4.78, 5) is 25.9. The second kappa shape index (κ2) is 9.82. The molecule has 0 unspecified atom stereocenters. The van der Waals surface area contributed by atoms with Gasteiger partial charge in [0.15, 0.2) is 0 Å². The molecule has 9 heteroatoms. The van der Waals surface area contributed by atoms with Crippen LogP contribution in [0.15, 0.2) is 35.2 Å². The zero-order valence-corrected chi connectivity index (χ0v) is 20.2. The molecule has 0 aliphatic carbocycles. The fourth-order valence-electron chi connectivity index (χ4n) is 4.10. The van der Waals surface area contributed by atoms with Gasteiger partial charge in [-0.15, -0.1) is 0 Å². The summed E-state index contributed by atoms with van der Waals surface area (Å²) in [5.74, 6) is -1.77. The van der Waals surface area contributed by atoms with Gasteiger partial charge >= 0.3 is 11.9 Å². The number of carboxylic acid groups (broad SMARTS) is 1. The SMILES string of the molecule is CCOC(=O)[C@H]1CCCN(c2ccc(C(=O)O)cc2NS(=O)(=O)c2cc(C)c(C)cc2C)C1. The van der Waals surface area contributed by atoms with E-state index in [-0.39, 0.29) is 28.0 Å². The second-order valence-electron chi connectivity index (χ2n) is 8.38. The second-order valence-corrected chi connectivity index (χ2v) is 10.0. The summed E-state index contributed by atoms with van der Waals surface area (Å²) in [5.41, 5.74) is 3.08. The number of piperidine rings is 1. The number of aromatic carboxylic acids is 1. The highest BCUT2D eigenvalue weighted by molar-refractivity contribution is 7.92. The lowest BCUT2D eigenvalue weighted by molar-refractivity contribution is -0.148. The summed E-state index contributed by atoms with van der Waals surface area (Å²) >= 11 is 0. The van der Waals surface area contributed by atoms with Gasteiger partial charge in [0.05, 0.1) is 34.4 Å². The zero-order valence-electron chi connectivity index (χ0n) is 19.3. The number of rotatable bonds is 7. The Morgan fingerprint density at radius 3 is 2.48 bits per heavy atom. The molecule has 1 fully saturated rings. The van der Waals surface area contributed by atoms with Crippen LogP contribution in [0, 0.1) is 26.7 Å². The lowest BCUT2D eigenvalue weighted by Crippen LogP contribution is -2.40. The van der Waals surface area contributed by atoms with Crippen molar-refractivity contribution in [1.82, 2.24) is 0 Å². The summed E-state index contributed by atoms with van der Waals surface area (Å²) in [5, 5.41) is 9.46. The van der Waals surface area contributed by atoms with Crippen LogP contribution in [0.2, 0.25) is 0 Å². The van der Waals surface area contributed by atoms with E-state index in [9.17, 15) is 23.1 Å². The van der Waals surface area contributed by atoms with Crippen LogP contribution in [0.25, 0.3) is 0 Å². The number of sulfonamides is 1. The van der Waals surface area contributed by atoms with E-state index in [4.69, 9.17) is 4.74 Å². The standard InChI is InChI=1S/C24H30N2O6S/c1-5-32-24(29)19-7-6-10-26(14-19)21-9-8-18(23(27)28)13-20(21)25-33(30,31)22-12-16(3)15(2)11-17(22)4/h8-9,11-13,19,25H,5-7,10,14H2,1-4H3,(H,27,28)/t19-/m0/s1. The first-order valence-electron chi connectivity index (χ1n) is 10.9. The Bertz CT molecular complexity index is 1180. The smallest absolute Gasteiger partial charge is 0.335 e. The molecule has 3 rings (SSSR count). The Morgan fingerprint density at radius 2 is 1.82 bits per heavy atom. The number of nitrogens with zero attached hydrogens (tertiary/aromatic N) is 1. The zero-order chi connectivity index (χ0) is 24.3. The van der Waals surface area contributed by atoms with E-state index >= 15 is 0 Å². The largest absolute Gasteiger partial charge is 0.478 e. The maximum absolute atomic E-state index is 13.3. The minimum absolute atomic E-state index is 0.0350. The average molecular weight is 475 g/mol. The van der Waals surface area contributed by atoms with E-state index < -0.39 is 16.0 Å². The van der Waals surface area contributed by atoms with Crippen LogP contribution in [0.5, 0.6) is 0 Å². The number of anilines is 2. The molecule has 0 spiro atoms. The number of ether oxygens (including phenoxy) is 1. The van der Waals surface area contributed by atoms with Crippen LogP contribution < -0.4 is 9.62 Å². The maximum Gasteiger partial charge on any atom is 0.335 e. The first kappa shape index (κ1) is 24.6. The van der Waals surface area contributed by atoms with E-state index in [1.54, 1.807) is 26.0 Å². The topological polar surface area (TPSA) is 113 Å². The van der Waals surface area contributed by atoms with Crippen molar-refractivity contribution in [1.29, 1.82) is 0 Å². The van der Waals surface area contributed by atoms with Crippen molar-refractivity contribution in [3.05, 3.63) is 52.6 Å². The number of carbonyl (C=O) groups excluding carboxylic acids is 1. The predicted molar refractivity (Wildman–Crippen MR) is 126 cm³/mol. The molecular weight excluding hydrogens is 444 g/mol. The molecule has 8 nitrogen and oxygen atoms in total. The van der Waals surface area contributed by atoms with Crippen molar-refractivity contribution in [3.8, 4) is 0 Å². The predicted octanol–water partition coefficient (Wildman–Crippen LogP) is 3.89. The van der Waals surface area contributed by atoms with Crippen molar-refractivity contribution < 1.29 is 27.9 Å². The van der Waals surface area contributed by atoms with Crippen molar-refractivity contribution in [2.24, 2.45) is 5.92 Å². The highest BCUT2D eigenvalue weighted by Gasteiger charge is 2.29. The van der Waals surface area contributed by atoms with Gasteiger partial charge in [0, 0.05) is 13.1 Å². The molecule has 178 valence electrons. The van der Waals surface area contributed by atoms with Crippen LogP contribution in [0.1, 0.15) is 46.8 Å². The Balaban J connectivity index is 2.00. The normalized spacial score (nSPS) is 16.4. The molecule has 0 aromatic heterocycles. The van der Waals surface area contributed by atoms with Gasteiger partial charge in [-0.25, -0.2) is 13.2 Å². The van der Waals surface area contributed by atoms with E-state index in [1.807, 2.05) is 24.8 Å². The van der Waals surface area contributed by atoms with Crippen molar-refractivity contribution >= 4 is 33.3 Å². The molecule has 1 atom stereocenters. The van der Waals surface area contributed by atoms with Gasteiger partial charge < -0.3 is 14.7 Å². The van der Waals surface area contributed by atoms with E-state index in [0.717, 1.165) is 17.5 Å². The molecule has 2 aromatic rings. The number of hydrogen-bond acceptors (Lipinski definition) is 6. The fraction of sp³-hybridized carbons (Fsp3) is 0.417. The lowest BCUT2D eigenvalue weighted by atomic mass is 9.97. The Morgan fingerprint density at radius 1 is 1.12 bits per heavy atom. The molecule has 1 aliphatic rings. The molecule has 0 bridgehead atoms. The molecule has 0 radical (unpaired) electrons. The number of esters is 1. The number of aryl methyl sites for hydroxylation is 3. The summed E-state index contributed by atoms with van der Waals surface area (Å²) in [6, 6.07) is 7.77. The average Bonchev–Trinajstić information content (AvgIpc) is 2.76. The monoisotopic (exact) mass is 474 g/mol. The van der Waals surface area contributed by atoms with E-state index in [1.165, 1.54) is 12.1 Å². The first-order chi connectivity index (χ1) is 15.5. The van der Waals surface area contributed by atoms with Gasteiger partial charge in [-0.2, -0.15) is 0 Å². The third-order valence-electron chi connectivity index (χ3n) is 5.95. The molecule has 2 N–H and O–H groups in total. The maximum atomic E-state index is 13.3. The third kappa shape index (κ3) is 5.47. The summed E-state index contributed by atoms with van der Waals surface area (Å²) in [7, 11) is -3.99. The van der Waals surface area contributed by atoms with Crippen molar-refractivity contribution in [2.45, 2.75) is 45.4 Å².